The van der Waals surface area contributed by atoms with E-state index in [1.54, 1.807) is 0 Å². The molecular weight excluding hydrogens is 830 g/mol. The van der Waals surface area contributed by atoms with Crippen molar-refractivity contribution >= 4 is 25.7 Å². The molecule has 0 bridgehead atoms. The third-order valence-corrected chi connectivity index (χ3v) is 12.7. The molecule has 64 heavy (non-hydrogen) atoms. The number of ether oxygens (including phenoxy) is 2. The lowest BCUT2D eigenvalue weighted by Gasteiger charge is -2.20. The standard InChI is InChI=1S/C52H98NO10P/c1-3-5-7-9-11-13-15-17-19-21-23-24-26-28-30-32-34-36-38-40-42-44-51(55)63-48(46-61-64(58,59)62-47-49(53)52(56)57)45-60-50(54)43-41-39-37-35-33-31-29-27-25-22-20-18-16-14-12-10-8-6-4-2/h12,14,18,20,48-49H,3-11,13,15-17,19,21-47,53H2,1-2H3,(H,56,57)(H,58,59)/b14-12-,20-18-/t48-,49+/m1/s1. The number of hydrogen-bond donors (Lipinski definition) is 3. The maximum atomic E-state index is 12.7. The highest BCUT2D eigenvalue weighted by Gasteiger charge is 2.28. The van der Waals surface area contributed by atoms with Gasteiger partial charge in [0.1, 0.15) is 12.6 Å². The molecule has 0 radical (unpaired) electrons. The zero-order valence-corrected chi connectivity index (χ0v) is 42.0. The van der Waals surface area contributed by atoms with Crippen LogP contribution in [0.25, 0.3) is 0 Å². The molecule has 0 heterocycles. The van der Waals surface area contributed by atoms with Gasteiger partial charge >= 0.3 is 25.7 Å². The largest absolute Gasteiger partial charge is 0.480 e. The van der Waals surface area contributed by atoms with Gasteiger partial charge in [0.25, 0.3) is 0 Å². The van der Waals surface area contributed by atoms with Crippen LogP contribution in [0.1, 0.15) is 258 Å². The molecule has 0 amide bonds. The number of esters is 2. The van der Waals surface area contributed by atoms with Crippen LogP contribution in [0.15, 0.2) is 24.3 Å². The molecule has 0 aromatic carbocycles. The molecule has 0 aliphatic carbocycles. The average molecular weight is 928 g/mol. The van der Waals surface area contributed by atoms with E-state index in [4.69, 9.17) is 24.8 Å². The quantitative estimate of drug-likeness (QED) is 0.0229. The highest BCUT2D eigenvalue weighted by molar-refractivity contribution is 7.47. The van der Waals surface area contributed by atoms with Gasteiger partial charge in [0.05, 0.1) is 13.2 Å². The number of carboxylic acid groups (broad SMARTS) is 1. The normalized spacial score (nSPS) is 13.7. The van der Waals surface area contributed by atoms with Crippen molar-refractivity contribution < 1.29 is 47.5 Å². The van der Waals surface area contributed by atoms with Crippen molar-refractivity contribution in [2.45, 2.75) is 270 Å². The zero-order chi connectivity index (χ0) is 47.0. The maximum Gasteiger partial charge on any atom is 0.472 e. The molecule has 0 saturated heterocycles. The molecule has 0 aromatic heterocycles. The molecule has 4 N–H and O–H groups in total. The molecule has 3 atom stereocenters. The molecule has 0 fully saturated rings. The van der Waals surface area contributed by atoms with Crippen molar-refractivity contribution in [2.75, 3.05) is 19.8 Å². The van der Waals surface area contributed by atoms with Crippen LogP contribution < -0.4 is 5.73 Å². The molecule has 0 aliphatic heterocycles. The first-order chi connectivity index (χ1) is 31.1. The van der Waals surface area contributed by atoms with Gasteiger partial charge < -0.3 is 25.2 Å². The summed E-state index contributed by atoms with van der Waals surface area (Å²) in [7, 11) is -4.72. The second kappa shape index (κ2) is 47.5. The van der Waals surface area contributed by atoms with Crippen molar-refractivity contribution in [1.82, 2.24) is 0 Å². The number of carboxylic acids is 1. The van der Waals surface area contributed by atoms with Gasteiger partial charge in [-0.1, -0.05) is 224 Å². The number of phosphoric ester groups is 1. The number of carbonyl (C=O) groups excluding carboxylic acids is 2. The fraction of sp³-hybridized carbons (Fsp3) is 0.865. The van der Waals surface area contributed by atoms with Crippen LogP contribution in [-0.4, -0.2) is 59.9 Å². The smallest absolute Gasteiger partial charge is 0.472 e. The first kappa shape index (κ1) is 62.0. The Hall–Kier alpha value is -2.04. The van der Waals surface area contributed by atoms with Crippen LogP contribution in [0.3, 0.4) is 0 Å². The summed E-state index contributed by atoms with van der Waals surface area (Å²) in [5, 5.41) is 8.93. The molecule has 11 nitrogen and oxygen atoms in total. The molecule has 0 aromatic rings. The van der Waals surface area contributed by atoms with Crippen LogP contribution in [-0.2, 0) is 37.5 Å². The fourth-order valence-corrected chi connectivity index (χ4v) is 8.35. The first-order valence-corrected chi connectivity index (χ1v) is 27.9. The third-order valence-electron chi connectivity index (χ3n) is 11.7. The molecule has 0 rings (SSSR count). The average Bonchev–Trinajstić information content (AvgIpc) is 3.27. The number of allylic oxidation sites excluding steroid dienone is 4. The van der Waals surface area contributed by atoms with E-state index in [-0.39, 0.29) is 19.4 Å². The van der Waals surface area contributed by atoms with Crippen LogP contribution in [0.5, 0.6) is 0 Å². The van der Waals surface area contributed by atoms with Crippen molar-refractivity contribution in [3.8, 4) is 0 Å². The summed E-state index contributed by atoms with van der Waals surface area (Å²) in [6, 6.07) is -1.52. The molecule has 1 unspecified atom stereocenters. The Kier molecular flexibility index (Phi) is 45.9. The van der Waals surface area contributed by atoms with Gasteiger partial charge in [-0.25, -0.2) is 4.57 Å². The highest BCUT2D eigenvalue weighted by atomic mass is 31.2. The maximum absolute atomic E-state index is 12.7. The van der Waals surface area contributed by atoms with E-state index in [2.05, 4.69) is 42.7 Å². The number of aliphatic carboxylic acids is 1. The number of phosphoric acid groups is 1. The van der Waals surface area contributed by atoms with Crippen molar-refractivity contribution in [3.05, 3.63) is 24.3 Å². The fourth-order valence-electron chi connectivity index (χ4n) is 7.57. The van der Waals surface area contributed by atoms with E-state index >= 15 is 0 Å². The summed E-state index contributed by atoms with van der Waals surface area (Å²) < 4.78 is 32.9. The van der Waals surface area contributed by atoms with Crippen molar-refractivity contribution in [3.63, 3.8) is 0 Å². The van der Waals surface area contributed by atoms with Crippen LogP contribution in [0.4, 0.5) is 0 Å². The zero-order valence-electron chi connectivity index (χ0n) is 41.1. The SMILES string of the molecule is CCCCC/C=C\C/C=C\CCCCCCCCCCCC(=O)OC[C@H](COP(=O)(O)OC[C@H](N)C(=O)O)OC(=O)CCCCCCCCCCCCCCCCCCCCCCC. The van der Waals surface area contributed by atoms with E-state index in [0.717, 1.165) is 51.4 Å². The molecule has 0 aliphatic rings. The highest BCUT2D eigenvalue weighted by Crippen LogP contribution is 2.43. The van der Waals surface area contributed by atoms with E-state index in [1.807, 2.05) is 0 Å². The van der Waals surface area contributed by atoms with Crippen LogP contribution in [0.2, 0.25) is 0 Å². The number of carbonyl (C=O) groups is 3. The summed E-state index contributed by atoms with van der Waals surface area (Å²) in [6.45, 7) is 2.83. The second-order valence-corrected chi connectivity index (χ2v) is 19.5. The molecular formula is C52H98NO10P. The van der Waals surface area contributed by atoms with E-state index in [9.17, 15) is 23.8 Å². The number of unbranched alkanes of at least 4 members (excludes halogenated alkanes) is 32. The lowest BCUT2D eigenvalue weighted by atomic mass is 10.0. The first-order valence-electron chi connectivity index (χ1n) is 26.4. The number of hydrogen-bond acceptors (Lipinski definition) is 9. The van der Waals surface area contributed by atoms with E-state index in [1.165, 1.54) is 167 Å². The minimum atomic E-state index is -4.72. The van der Waals surface area contributed by atoms with Gasteiger partial charge in [-0.3, -0.25) is 23.4 Å². The van der Waals surface area contributed by atoms with Gasteiger partial charge in [0.15, 0.2) is 6.10 Å². The Morgan fingerprint density at radius 3 is 1.25 bits per heavy atom. The Morgan fingerprint density at radius 1 is 0.484 bits per heavy atom. The number of rotatable bonds is 50. The topological polar surface area (TPSA) is 172 Å². The van der Waals surface area contributed by atoms with Gasteiger partial charge in [-0.2, -0.15) is 0 Å². The lowest BCUT2D eigenvalue weighted by Crippen LogP contribution is -2.34. The predicted molar refractivity (Wildman–Crippen MR) is 263 cm³/mol. The monoisotopic (exact) mass is 928 g/mol. The summed E-state index contributed by atoms with van der Waals surface area (Å²) >= 11 is 0. The lowest BCUT2D eigenvalue weighted by molar-refractivity contribution is -0.161. The number of nitrogens with two attached hydrogens (primary N) is 1. The van der Waals surface area contributed by atoms with Crippen molar-refractivity contribution in [1.29, 1.82) is 0 Å². The Balaban J connectivity index is 4.20. The minimum Gasteiger partial charge on any atom is -0.480 e. The summed E-state index contributed by atoms with van der Waals surface area (Å²) in [4.78, 5) is 46.2. The molecule has 0 spiro atoms. The minimum absolute atomic E-state index is 0.166. The Labute approximate surface area is 391 Å². The molecule has 0 saturated carbocycles. The molecule has 376 valence electrons. The Bertz CT molecular complexity index is 1180. The summed E-state index contributed by atoms with van der Waals surface area (Å²) in [5.41, 5.74) is 5.36. The van der Waals surface area contributed by atoms with E-state index in [0.29, 0.717) is 12.8 Å². The summed E-state index contributed by atoms with van der Waals surface area (Å²) in [5.74, 6) is -2.36. The van der Waals surface area contributed by atoms with Gasteiger partial charge in [0, 0.05) is 12.8 Å². The van der Waals surface area contributed by atoms with Crippen molar-refractivity contribution in [2.24, 2.45) is 5.73 Å². The second-order valence-electron chi connectivity index (χ2n) is 18.0. The van der Waals surface area contributed by atoms with Gasteiger partial charge in [0.2, 0.25) is 0 Å². The molecule has 12 heteroatoms. The van der Waals surface area contributed by atoms with Gasteiger partial charge in [-0.15, -0.1) is 0 Å². The summed E-state index contributed by atoms with van der Waals surface area (Å²) in [6.07, 6.45) is 52.4. The third kappa shape index (κ3) is 46.5. The van der Waals surface area contributed by atoms with Gasteiger partial charge in [-0.05, 0) is 44.9 Å². The van der Waals surface area contributed by atoms with Crippen LogP contribution >= 0.6 is 7.82 Å². The Morgan fingerprint density at radius 2 is 0.828 bits per heavy atom. The van der Waals surface area contributed by atoms with E-state index < -0.39 is 51.1 Å². The predicted octanol–water partition coefficient (Wildman–Crippen LogP) is 15.0. The van der Waals surface area contributed by atoms with Crippen LogP contribution in [0, 0.1) is 0 Å².